The SMILES string of the molecule is COc1ccc(NC(=O)Cc2cscn2)cc1. The van der Waals surface area contributed by atoms with Gasteiger partial charge in [0, 0.05) is 11.1 Å². The van der Waals surface area contributed by atoms with Crippen LogP contribution in [0.25, 0.3) is 0 Å². The molecule has 2 aromatic rings. The Morgan fingerprint density at radius 2 is 2.18 bits per heavy atom. The molecule has 0 bridgehead atoms. The smallest absolute Gasteiger partial charge is 0.230 e. The van der Waals surface area contributed by atoms with Crippen molar-refractivity contribution in [2.45, 2.75) is 6.42 Å². The molecule has 0 aliphatic heterocycles. The van der Waals surface area contributed by atoms with Crippen molar-refractivity contribution in [3.63, 3.8) is 0 Å². The minimum Gasteiger partial charge on any atom is -0.497 e. The van der Waals surface area contributed by atoms with Crippen LogP contribution in [0.3, 0.4) is 0 Å². The lowest BCUT2D eigenvalue weighted by molar-refractivity contribution is -0.115. The molecule has 0 atom stereocenters. The van der Waals surface area contributed by atoms with E-state index in [1.165, 1.54) is 11.3 Å². The molecule has 0 saturated carbocycles. The van der Waals surface area contributed by atoms with Gasteiger partial charge in [-0.15, -0.1) is 11.3 Å². The summed E-state index contributed by atoms with van der Waals surface area (Å²) in [6.07, 6.45) is 0.301. The molecule has 0 aliphatic rings. The van der Waals surface area contributed by atoms with E-state index in [-0.39, 0.29) is 5.91 Å². The van der Waals surface area contributed by atoms with Gasteiger partial charge in [-0.3, -0.25) is 4.79 Å². The fourth-order valence-corrected chi connectivity index (χ4v) is 1.93. The normalized spacial score (nSPS) is 9.94. The Kier molecular flexibility index (Phi) is 3.72. The molecule has 17 heavy (non-hydrogen) atoms. The highest BCUT2D eigenvalue weighted by atomic mass is 32.1. The van der Waals surface area contributed by atoms with Crippen molar-refractivity contribution >= 4 is 22.9 Å². The van der Waals surface area contributed by atoms with E-state index >= 15 is 0 Å². The van der Waals surface area contributed by atoms with Crippen LogP contribution in [0.5, 0.6) is 5.75 Å². The van der Waals surface area contributed by atoms with Crippen LogP contribution in [0, 0.1) is 0 Å². The molecule has 2 rings (SSSR count). The second-order valence-corrected chi connectivity index (χ2v) is 4.15. The molecular formula is C12H12N2O2S. The third kappa shape index (κ3) is 3.29. The van der Waals surface area contributed by atoms with Gasteiger partial charge >= 0.3 is 0 Å². The molecule has 1 N–H and O–H groups in total. The van der Waals surface area contributed by atoms with Gasteiger partial charge in [0.05, 0.1) is 24.7 Å². The average Bonchev–Trinajstić information content (AvgIpc) is 2.82. The number of benzene rings is 1. The number of nitrogens with zero attached hydrogens (tertiary/aromatic N) is 1. The van der Waals surface area contributed by atoms with E-state index in [4.69, 9.17) is 4.74 Å². The van der Waals surface area contributed by atoms with Gasteiger partial charge in [0.1, 0.15) is 5.75 Å². The molecule has 4 nitrogen and oxygen atoms in total. The highest BCUT2D eigenvalue weighted by molar-refractivity contribution is 7.07. The van der Waals surface area contributed by atoms with Crippen LogP contribution in [0.2, 0.25) is 0 Å². The predicted octanol–water partition coefficient (Wildman–Crippen LogP) is 2.33. The van der Waals surface area contributed by atoms with Crippen molar-refractivity contribution in [2.75, 3.05) is 12.4 Å². The van der Waals surface area contributed by atoms with Gasteiger partial charge in [-0.1, -0.05) is 0 Å². The molecule has 0 aliphatic carbocycles. The number of anilines is 1. The highest BCUT2D eigenvalue weighted by Crippen LogP contribution is 2.15. The van der Waals surface area contributed by atoms with Crippen molar-refractivity contribution in [2.24, 2.45) is 0 Å². The van der Waals surface area contributed by atoms with Crippen molar-refractivity contribution in [3.05, 3.63) is 40.8 Å². The minimum absolute atomic E-state index is 0.0685. The first kappa shape index (κ1) is 11.6. The number of hydrogen-bond acceptors (Lipinski definition) is 4. The third-order valence-corrected chi connectivity index (χ3v) is 2.83. The summed E-state index contributed by atoms with van der Waals surface area (Å²) in [5.41, 5.74) is 3.27. The van der Waals surface area contributed by atoms with E-state index in [1.807, 2.05) is 5.38 Å². The second kappa shape index (κ2) is 5.45. The van der Waals surface area contributed by atoms with E-state index in [0.29, 0.717) is 6.42 Å². The van der Waals surface area contributed by atoms with Crippen molar-refractivity contribution in [1.29, 1.82) is 0 Å². The maximum Gasteiger partial charge on any atom is 0.230 e. The molecule has 1 amide bonds. The number of aromatic nitrogens is 1. The maximum atomic E-state index is 11.7. The lowest BCUT2D eigenvalue weighted by Gasteiger charge is -2.05. The van der Waals surface area contributed by atoms with Gasteiger partial charge in [-0.05, 0) is 24.3 Å². The summed E-state index contributed by atoms with van der Waals surface area (Å²) in [7, 11) is 1.61. The van der Waals surface area contributed by atoms with Gasteiger partial charge in [0.15, 0.2) is 0 Å². The Morgan fingerprint density at radius 3 is 2.76 bits per heavy atom. The molecule has 0 fully saturated rings. The first-order chi connectivity index (χ1) is 8.28. The predicted molar refractivity (Wildman–Crippen MR) is 67.4 cm³/mol. The van der Waals surface area contributed by atoms with Gasteiger partial charge in [0.25, 0.3) is 0 Å². The van der Waals surface area contributed by atoms with Crippen LogP contribution in [0.1, 0.15) is 5.69 Å². The first-order valence-corrected chi connectivity index (χ1v) is 6.03. The van der Waals surface area contributed by atoms with Crippen LogP contribution in [-0.4, -0.2) is 18.0 Å². The van der Waals surface area contributed by atoms with Crippen LogP contribution in [0.4, 0.5) is 5.69 Å². The summed E-state index contributed by atoms with van der Waals surface area (Å²) < 4.78 is 5.04. The minimum atomic E-state index is -0.0685. The number of methoxy groups -OCH3 is 1. The Hall–Kier alpha value is -1.88. The summed E-state index contributed by atoms with van der Waals surface area (Å²) in [5, 5.41) is 4.67. The fourth-order valence-electron chi connectivity index (χ4n) is 1.37. The second-order valence-electron chi connectivity index (χ2n) is 3.43. The van der Waals surface area contributed by atoms with Crippen LogP contribution < -0.4 is 10.1 Å². The number of carbonyl (C=O) groups is 1. The van der Waals surface area contributed by atoms with Gasteiger partial charge in [-0.2, -0.15) is 0 Å². The molecule has 0 unspecified atom stereocenters. The fraction of sp³-hybridized carbons (Fsp3) is 0.167. The number of thiazole rings is 1. The summed E-state index contributed by atoms with van der Waals surface area (Å²) in [6, 6.07) is 7.21. The van der Waals surface area contributed by atoms with E-state index in [9.17, 15) is 4.79 Å². The Labute approximate surface area is 103 Å². The zero-order chi connectivity index (χ0) is 12.1. The largest absolute Gasteiger partial charge is 0.497 e. The standard InChI is InChI=1S/C12H12N2O2S/c1-16-11-4-2-9(3-5-11)14-12(15)6-10-7-17-8-13-10/h2-5,7-8H,6H2,1H3,(H,14,15). The number of amides is 1. The number of rotatable bonds is 4. The zero-order valence-corrected chi connectivity index (χ0v) is 10.2. The van der Waals surface area contributed by atoms with Gasteiger partial charge in [0.2, 0.25) is 5.91 Å². The topological polar surface area (TPSA) is 51.2 Å². The van der Waals surface area contributed by atoms with Crippen molar-refractivity contribution in [3.8, 4) is 5.75 Å². The van der Waals surface area contributed by atoms with Crippen molar-refractivity contribution < 1.29 is 9.53 Å². The number of hydrogen-bond donors (Lipinski definition) is 1. The number of carbonyl (C=O) groups excluding carboxylic acids is 1. The Bertz CT molecular complexity index is 480. The highest BCUT2D eigenvalue weighted by Gasteiger charge is 2.05. The van der Waals surface area contributed by atoms with Crippen LogP contribution in [0.15, 0.2) is 35.2 Å². The average molecular weight is 248 g/mol. The van der Waals surface area contributed by atoms with E-state index in [0.717, 1.165) is 17.1 Å². The summed E-state index contributed by atoms with van der Waals surface area (Å²) in [4.78, 5) is 15.7. The van der Waals surface area contributed by atoms with E-state index in [1.54, 1.807) is 36.9 Å². The molecule has 0 spiro atoms. The Balaban J connectivity index is 1.93. The first-order valence-electron chi connectivity index (χ1n) is 5.09. The lowest BCUT2D eigenvalue weighted by atomic mass is 10.2. The Morgan fingerprint density at radius 1 is 1.41 bits per heavy atom. The molecule has 1 aromatic carbocycles. The number of ether oxygens (including phenoxy) is 1. The molecule has 88 valence electrons. The van der Waals surface area contributed by atoms with E-state index in [2.05, 4.69) is 10.3 Å². The number of nitrogens with one attached hydrogen (secondary N) is 1. The molecule has 1 heterocycles. The lowest BCUT2D eigenvalue weighted by Crippen LogP contribution is -2.14. The van der Waals surface area contributed by atoms with E-state index < -0.39 is 0 Å². The molecule has 5 heteroatoms. The molecular weight excluding hydrogens is 236 g/mol. The van der Waals surface area contributed by atoms with Crippen molar-refractivity contribution in [1.82, 2.24) is 4.98 Å². The summed E-state index contributed by atoms with van der Waals surface area (Å²) in [5.74, 6) is 0.698. The third-order valence-electron chi connectivity index (χ3n) is 2.20. The van der Waals surface area contributed by atoms with Crippen LogP contribution >= 0.6 is 11.3 Å². The van der Waals surface area contributed by atoms with Gasteiger partial charge in [-0.25, -0.2) is 4.98 Å². The molecule has 0 saturated heterocycles. The monoisotopic (exact) mass is 248 g/mol. The van der Waals surface area contributed by atoms with Gasteiger partial charge < -0.3 is 10.1 Å². The molecule has 0 radical (unpaired) electrons. The quantitative estimate of drug-likeness (QED) is 0.903. The molecule has 1 aromatic heterocycles. The summed E-state index contributed by atoms with van der Waals surface area (Å²) in [6.45, 7) is 0. The zero-order valence-electron chi connectivity index (χ0n) is 9.34. The van der Waals surface area contributed by atoms with Crippen LogP contribution in [-0.2, 0) is 11.2 Å². The maximum absolute atomic E-state index is 11.7. The summed E-state index contributed by atoms with van der Waals surface area (Å²) >= 11 is 1.49.